The zero-order chi connectivity index (χ0) is 11.3. The highest BCUT2D eigenvalue weighted by molar-refractivity contribution is 14.1. The lowest BCUT2D eigenvalue weighted by Gasteiger charge is -2.11. The van der Waals surface area contributed by atoms with E-state index in [9.17, 15) is 0 Å². The summed E-state index contributed by atoms with van der Waals surface area (Å²) in [6.07, 6.45) is 0. The highest BCUT2D eigenvalue weighted by atomic mass is 127. The molecule has 0 amide bonds. The number of hydrogen-bond donors (Lipinski definition) is 0. The molecule has 0 heterocycles. The molecule has 3 nitrogen and oxygen atoms in total. The van der Waals surface area contributed by atoms with Crippen LogP contribution in [0.4, 0.5) is 5.69 Å². The van der Waals surface area contributed by atoms with Gasteiger partial charge in [0.05, 0.1) is 0 Å². The minimum absolute atomic E-state index is 0.863. The summed E-state index contributed by atoms with van der Waals surface area (Å²) in [6, 6.07) is 6.00. The predicted octanol–water partition coefficient (Wildman–Crippen LogP) is 4.39. The van der Waals surface area contributed by atoms with Crippen molar-refractivity contribution in [1.29, 1.82) is 0 Å². The second-order valence-electron chi connectivity index (χ2n) is 2.92. The van der Waals surface area contributed by atoms with E-state index >= 15 is 0 Å². The van der Waals surface area contributed by atoms with E-state index < -0.39 is 0 Å². The molecule has 0 unspecified atom stereocenters. The second kappa shape index (κ2) is 6.42. The fourth-order valence-corrected chi connectivity index (χ4v) is 2.40. The minimum Gasteiger partial charge on any atom is -0.279 e. The Kier molecular flexibility index (Phi) is 5.52. The van der Waals surface area contributed by atoms with Gasteiger partial charge in [0.2, 0.25) is 0 Å². The molecule has 0 radical (unpaired) electrons. The van der Waals surface area contributed by atoms with Crippen molar-refractivity contribution in [2.75, 3.05) is 13.1 Å². The summed E-state index contributed by atoms with van der Waals surface area (Å²) in [4.78, 5) is 0. The van der Waals surface area contributed by atoms with E-state index in [1.54, 1.807) is 0 Å². The Morgan fingerprint density at radius 1 is 1.33 bits per heavy atom. The van der Waals surface area contributed by atoms with Gasteiger partial charge in [-0.15, -0.1) is 5.11 Å². The molecule has 82 valence electrons. The molecule has 15 heavy (non-hydrogen) atoms. The van der Waals surface area contributed by atoms with Crippen LogP contribution in [0.25, 0.3) is 0 Å². The standard InChI is InChI=1S/C10H13BrIN3/c1-3-15(4-2)14-13-10-6-5-8(12)7-9(10)11/h5-7H,3-4H2,1-2H3. The molecular formula is C10H13BrIN3. The molecular weight excluding hydrogens is 369 g/mol. The van der Waals surface area contributed by atoms with Gasteiger partial charge in [-0.25, -0.2) is 0 Å². The van der Waals surface area contributed by atoms with Crippen LogP contribution in [0.2, 0.25) is 0 Å². The maximum absolute atomic E-state index is 4.19. The fourth-order valence-electron chi connectivity index (χ4n) is 1.02. The monoisotopic (exact) mass is 381 g/mol. The number of nitrogens with zero attached hydrogens (tertiary/aromatic N) is 3. The molecule has 0 atom stereocenters. The maximum atomic E-state index is 4.19. The van der Waals surface area contributed by atoms with Crippen LogP contribution in [0.3, 0.4) is 0 Å². The molecule has 1 aromatic rings. The topological polar surface area (TPSA) is 28.0 Å². The van der Waals surface area contributed by atoms with Crippen molar-refractivity contribution in [2.45, 2.75) is 13.8 Å². The predicted molar refractivity (Wildman–Crippen MR) is 74.3 cm³/mol. The molecule has 5 heteroatoms. The third kappa shape index (κ3) is 4.06. The molecule has 0 aliphatic carbocycles. The Morgan fingerprint density at radius 3 is 2.53 bits per heavy atom. The van der Waals surface area contributed by atoms with Crippen LogP contribution in [-0.4, -0.2) is 18.1 Å². The first-order chi connectivity index (χ1) is 7.17. The summed E-state index contributed by atoms with van der Waals surface area (Å²) in [6.45, 7) is 5.88. The van der Waals surface area contributed by atoms with Gasteiger partial charge in [0.1, 0.15) is 5.69 Å². The van der Waals surface area contributed by atoms with Crippen LogP contribution < -0.4 is 0 Å². The first-order valence-electron chi connectivity index (χ1n) is 4.79. The summed E-state index contributed by atoms with van der Waals surface area (Å²) in [5, 5.41) is 10.2. The van der Waals surface area contributed by atoms with Gasteiger partial charge >= 0.3 is 0 Å². The zero-order valence-electron chi connectivity index (χ0n) is 8.74. The average Bonchev–Trinajstić information content (AvgIpc) is 2.22. The average molecular weight is 382 g/mol. The lowest BCUT2D eigenvalue weighted by Crippen LogP contribution is -2.14. The quantitative estimate of drug-likeness (QED) is 0.431. The van der Waals surface area contributed by atoms with Crippen molar-refractivity contribution < 1.29 is 0 Å². The van der Waals surface area contributed by atoms with Crippen molar-refractivity contribution >= 4 is 44.2 Å². The van der Waals surface area contributed by atoms with Crippen LogP contribution in [0.15, 0.2) is 33.0 Å². The smallest absolute Gasteiger partial charge is 0.102 e. The first kappa shape index (κ1) is 12.9. The van der Waals surface area contributed by atoms with E-state index in [1.807, 2.05) is 23.2 Å². The SMILES string of the molecule is CCN(CC)N=Nc1ccc(I)cc1Br. The molecule has 0 N–H and O–H groups in total. The third-order valence-electron chi connectivity index (χ3n) is 1.92. The van der Waals surface area contributed by atoms with E-state index in [0.29, 0.717) is 0 Å². The molecule has 0 spiro atoms. The van der Waals surface area contributed by atoms with Crippen LogP contribution in [0.5, 0.6) is 0 Å². The van der Waals surface area contributed by atoms with Gasteiger partial charge < -0.3 is 0 Å². The number of benzene rings is 1. The van der Waals surface area contributed by atoms with Gasteiger partial charge in [-0.2, -0.15) is 0 Å². The highest BCUT2D eigenvalue weighted by Gasteiger charge is 1.99. The minimum atomic E-state index is 0.863. The van der Waals surface area contributed by atoms with E-state index in [0.717, 1.165) is 23.2 Å². The molecule has 0 fully saturated rings. The van der Waals surface area contributed by atoms with E-state index in [-0.39, 0.29) is 0 Å². The number of hydrogen-bond acceptors (Lipinski definition) is 2. The van der Waals surface area contributed by atoms with Gasteiger partial charge in [-0.3, -0.25) is 5.01 Å². The largest absolute Gasteiger partial charge is 0.279 e. The molecule has 0 saturated heterocycles. The fraction of sp³-hybridized carbons (Fsp3) is 0.400. The summed E-state index contributed by atoms with van der Waals surface area (Å²) >= 11 is 5.73. The van der Waals surface area contributed by atoms with Crippen LogP contribution in [0, 0.1) is 3.57 Å². The molecule has 0 aromatic heterocycles. The Bertz CT molecular complexity index is 351. The number of halogens is 2. The van der Waals surface area contributed by atoms with Crippen LogP contribution in [0.1, 0.15) is 13.8 Å². The molecule has 0 saturated carbocycles. The Morgan fingerprint density at radius 2 is 2.00 bits per heavy atom. The Balaban J connectivity index is 2.80. The normalized spacial score (nSPS) is 10.9. The van der Waals surface area contributed by atoms with Gasteiger partial charge in [0.15, 0.2) is 0 Å². The second-order valence-corrected chi connectivity index (χ2v) is 5.02. The third-order valence-corrected chi connectivity index (χ3v) is 3.22. The zero-order valence-corrected chi connectivity index (χ0v) is 12.5. The molecule has 0 aliphatic heterocycles. The lowest BCUT2D eigenvalue weighted by atomic mass is 10.3. The molecule has 1 aromatic carbocycles. The number of rotatable bonds is 4. The van der Waals surface area contributed by atoms with Gasteiger partial charge in [0, 0.05) is 21.1 Å². The molecule has 1 rings (SSSR count). The lowest BCUT2D eigenvalue weighted by molar-refractivity contribution is 0.300. The Hall–Kier alpha value is -0.170. The molecule has 0 bridgehead atoms. The summed E-state index contributed by atoms with van der Waals surface area (Å²) in [7, 11) is 0. The summed E-state index contributed by atoms with van der Waals surface area (Å²) in [5.74, 6) is 0. The van der Waals surface area contributed by atoms with Crippen molar-refractivity contribution in [3.63, 3.8) is 0 Å². The van der Waals surface area contributed by atoms with Gasteiger partial charge in [-0.05, 0) is 70.6 Å². The first-order valence-corrected chi connectivity index (χ1v) is 6.66. The Labute approximate surface area is 112 Å². The van der Waals surface area contributed by atoms with Gasteiger partial charge in [-0.1, -0.05) is 5.22 Å². The highest BCUT2D eigenvalue weighted by Crippen LogP contribution is 2.27. The molecule has 0 aliphatic rings. The van der Waals surface area contributed by atoms with E-state index in [2.05, 4.69) is 62.7 Å². The van der Waals surface area contributed by atoms with Crippen molar-refractivity contribution in [3.05, 3.63) is 26.2 Å². The van der Waals surface area contributed by atoms with E-state index in [1.165, 1.54) is 3.57 Å². The van der Waals surface area contributed by atoms with Crippen LogP contribution >= 0.6 is 38.5 Å². The van der Waals surface area contributed by atoms with Crippen molar-refractivity contribution in [1.82, 2.24) is 5.01 Å². The summed E-state index contributed by atoms with van der Waals surface area (Å²) in [5.41, 5.74) is 0.863. The van der Waals surface area contributed by atoms with Crippen LogP contribution in [-0.2, 0) is 0 Å². The van der Waals surface area contributed by atoms with Crippen molar-refractivity contribution in [3.8, 4) is 0 Å². The van der Waals surface area contributed by atoms with Crippen molar-refractivity contribution in [2.24, 2.45) is 10.3 Å². The van der Waals surface area contributed by atoms with E-state index in [4.69, 9.17) is 0 Å². The van der Waals surface area contributed by atoms with Gasteiger partial charge in [0.25, 0.3) is 0 Å². The maximum Gasteiger partial charge on any atom is 0.102 e. The summed E-state index contributed by atoms with van der Waals surface area (Å²) < 4.78 is 2.16.